The predicted octanol–water partition coefficient (Wildman–Crippen LogP) is 0.265. The summed E-state index contributed by atoms with van der Waals surface area (Å²) in [6, 6.07) is 0. The molecule has 1 heterocycles. The molecule has 1 fully saturated rings. The first-order chi connectivity index (χ1) is 5.40. The molecule has 0 unspecified atom stereocenters. The fraction of sp³-hybridized carbons (Fsp3) is 0.600. The highest BCUT2D eigenvalue weighted by atomic mass is 32.1. The van der Waals surface area contributed by atoms with Crippen LogP contribution in [0.25, 0.3) is 0 Å². The highest BCUT2D eigenvalue weighted by Gasteiger charge is 2.37. The number of carbonyl (C=O) groups is 1. The Bertz CT molecular complexity index is 211. The van der Waals surface area contributed by atoms with Crippen molar-refractivity contribution in [1.82, 2.24) is 10.2 Å². The molecule has 1 amide bonds. The van der Waals surface area contributed by atoms with Crippen LogP contribution in [0.3, 0.4) is 0 Å². The summed E-state index contributed by atoms with van der Waals surface area (Å²) in [5.74, 6) is -0.641. The van der Waals surface area contributed by atoms with Gasteiger partial charge in [0.15, 0.2) is 5.11 Å². The zero-order valence-corrected chi connectivity index (χ0v) is 6.63. The average molecular weight is 198 g/mol. The molecule has 0 aromatic carbocycles. The molecule has 1 N–H and O–H groups in total. The van der Waals surface area contributed by atoms with Crippen molar-refractivity contribution < 1.29 is 18.0 Å². The lowest BCUT2D eigenvalue weighted by Crippen LogP contribution is -2.38. The Hall–Kier alpha value is -0.850. The summed E-state index contributed by atoms with van der Waals surface area (Å²) in [5, 5.41) is 2.19. The zero-order valence-electron chi connectivity index (χ0n) is 5.81. The smallest absolute Gasteiger partial charge is 0.353 e. The molecular formula is C5H5F3N2OS. The third kappa shape index (κ3) is 2.07. The van der Waals surface area contributed by atoms with Crippen molar-refractivity contribution >= 4 is 23.2 Å². The monoisotopic (exact) mass is 198 g/mol. The lowest BCUT2D eigenvalue weighted by atomic mass is 10.5. The quantitative estimate of drug-likeness (QED) is 0.613. The third-order valence-corrected chi connectivity index (χ3v) is 1.64. The van der Waals surface area contributed by atoms with Gasteiger partial charge in [0.25, 0.3) is 0 Å². The highest BCUT2D eigenvalue weighted by Crippen LogP contribution is 2.17. The molecule has 1 aliphatic heterocycles. The van der Waals surface area contributed by atoms with Gasteiger partial charge < -0.3 is 5.32 Å². The van der Waals surface area contributed by atoms with E-state index < -0.39 is 18.6 Å². The summed E-state index contributed by atoms with van der Waals surface area (Å²) in [5.41, 5.74) is 0. The molecule has 1 saturated heterocycles. The molecule has 0 atom stereocenters. The molecule has 0 spiro atoms. The number of thiocarbonyl (C=S) groups is 1. The van der Waals surface area contributed by atoms with Crippen molar-refractivity contribution in [3.63, 3.8) is 0 Å². The van der Waals surface area contributed by atoms with Crippen molar-refractivity contribution in [2.75, 3.05) is 13.1 Å². The second-order valence-corrected chi connectivity index (χ2v) is 2.64. The van der Waals surface area contributed by atoms with E-state index in [4.69, 9.17) is 0 Å². The number of carbonyl (C=O) groups excluding carboxylic acids is 1. The number of nitrogens with one attached hydrogen (secondary N) is 1. The SMILES string of the molecule is O=C1CNC(=S)N1CC(F)(F)F. The highest BCUT2D eigenvalue weighted by molar-refractivity contribution is 7.80. The van der Waals surface area contributed by atoms with Crippen LogP contribution in [0.4, 0.5) is 13.2 Å². The Morgan fingerprint density at radius 3 is 2.50 bits per heavy atom. The Balaban J connectivity index is 2.62. The molecule has 0 bridgehead atoms. The van der Waals surface area contributed by atoms with Crippen LogP contribution in [0, 0.1) is 0 Å². The maximum Gasteiger partial charge on any atom is 0.406 e. The molecule has 0 aliphatic carbocycles. The summed E-state index contributed by atoms with van der Waals surface area (Å²) in [6.45, 7) is -1.45. The number of amides is 1. The molecule has 0 saturated carbocycles. The molecule has 7 heteroatoms. The van der Waals surface area contributed by atoms with E-state index in [9.17, 15) is 18.0 Å². The van der Waals surface area contributed by atoms with Crippen molar-refractivity contribution in [1.29, 1.82) is 0 Å². The van der Waals surface area contributed by atoms with E-state index in [2.05, 4.69) is 17.5 Å². The van der Waals surface area contributed by atoms with Crippen LogP contribution in [-0.4, -0.2) is 35.2 Å². The molecule has 0 aromatic rings. The summed E-state index contributed by atoms with van der Waals surface area (Å²) in [7, 11) is 0. The number of hydrogen-bond donors (Lipinski definition) is 1. The second kappa shape index (κ2) is 2.89. The van der Waals surface area contributed by atoms with Crippen LogP contribution in [0.5, 0.6) is 0 Å². The van der Waals surface area contributed by atoms with Gasteiger partial charge in [-0.1, -0.05) is 0 Å². The number of halogens is 3. The van der Waals surface area contributed by atoms with E-state index >= 15 is 0 Å². The van der Waals surface area contributed by atoms with E-state index in [1.807, 2.05) is 0 Å². The van der Waals surface area contributed by atoms with Crippen molar-refractivity contribution in [2.45, 2.75) is 6.18 Å². The maximum absolute atomic E-state index is 11.8. The van der Waals surface area contributed by atoms with Gasteiger partial charge in [0.05, 0.1) is 6.54 Å². The van der Waals surface area contributed by atoms with Gasteiger partial charge in [-0.3, -0.25) is 9.69 Å². The van der Waals surface area contributed by atoms with Crippen molar-refractivity contribution in [3.05, 3.63) is 0 Å². The van der Waals surface area contributed by atoms with E-state index in [-0.39, 0.29) is 11.7 Å². The predicted molar refractivity (Wildman–Crippen MR) is 38.4 cm³/mol. The average Bonchev–Trinajstić information content (AvgIpc) is 2.16. The molecule has 68 valence electrons. The standard InChI is InChI=1S/C5H5F3N2OS/c6-5(7,8)2-10-3(11)1-9-4(10)12/h1-2H2,(H,9,12). The first-order valence-corrected chi connectivity index (χ1v) is 3.46. The minimum absolute atomic E-state index is 0.144. The van der Waals surface area contributed by atoms with Gasteiger partial charge in [0.1, 0.15) is 6.54 Å². The zero-order chi connectivity index (χ0) is 9.35. The van der Waals surface area contributed by atoms with Gasteiger partial charge in [0, 0.05) is 0 Å². The van der Waals surface area contributed by atoms with E-state index in [1.54, 1.807) is 0 Å². The van der Waals surface area contributed by atoms with Gasteiger partial charge in [-0.25, -0.2) is 0 Å². The molecule has 3 nitrogen and oxygen atoms in total. The van der Waals surface area contributed by atoms with Crippen LogP contribution in [0.1, 0.15) is 0 Å². The summed E-state index contributed by atoms with van der Waals surface area (Å²) in [4.78, 5) is 11.2. The van der Waals surface area contributed by atoms with Gasteiger partial charge in [-0.2, -0.15) is 13.2 Å². The number of hydrogen-bond acceptors (Lipinski definition) is 2. The molecule has 12 heavy (non-hydrogen) atoms. The fourth-order valence-electron chi connectivity index (χ4n) is 0.795. The first kappa shape index (κ1) is 9.24. The second-order valence-electron chi connectivity index (χ2n) is 2.25. The lowest BCUT2D eigenvalue weighted by molar-refractivity contribution is -0.150. The number of rotatable bonds is 1. The minimum atomic E-state index is -4.40. The Labute approximate surface area is 71.5 Å². The topological polar surface area (TPSA) is 32.3 Å². The van der Waals surface area contributed by atoms with E-state index in [0.717, 1.165) is 0 Å². The van der Waals surface area contributed by atoms with E-state index in [1.165, 1.54) is 0 Å². The normalized spacial score (nSPS) is 18.4. The van der Waals surface area contributed by atoms with Gasteiger partial charge in [0.2, 0.25) is 5.91 Å². The summed E-state index contributed by atoms with van der Waals surface area (Å²) >= 11 is 4.48. The molecule has 1 aliphatic rings. The lowest BCUT2D eigenvalue weighted by Gasteiger charge is -2.16. The fourth-order valence-corrected chi connectivity index (χ4v) is 1.03. The van der Waals surface area contributed by atoms with Crippen LogP contribution in [0.15, 0.2) is 0 Å². The Kier molecular flexibility index (Phi) is 2.22. The molecule has 1 rings (SSSR count). The molecule has 0 aromatic heterocycles. The van der Waals surface area contributed by atoms with Crippen LogP contribution in [0.2, 0.25) is 0 Å². The van der Waals surface area contributed by atoms with Crippen LogP contribution in [-0.2, 0) is 4.79 Å². The number of alkyl halides is 3. The van der Waals surface area contributed by atoms with Crippen LogP contribution >= 0.6 is 12.2 Å². The molecular weight excluding hydrogens is 193 g/mol. The third-order valence-electron chi connectivity index (χ3n) is 1.27. The van der Waals surface area contributed by atoms with Gasteiger partial charge >= 0.3 is 6.18 Å². The van der Waals surface area contributed by atoms with Gasteiger partial charge in [-0.05, 0) is 12.2 Å². The Morgan fingerprint density at radius 2 is 2.17 bits per heavy atom. The first-order valence-electron chi connectivity index (χ1n) is 3.05. The summed E-state index contributed by atoms with van der Waals surface area (Å²) < 4.78 is 35.3. The maximum atomic E-state index is 11.8. The van der Waals surface area contributed by atoms with Crippen LogP contribution < -0.4 is 5.32 Å². The summed E-state index contributed by atoms with van der Waals surface area (Å²) in [6.07, 6.45) is -4.40. The van der Waals surface area contributed by atoms with E-state index in [0.29, 0.717) is 4.90 Å². The van der Waals surface area contributed by atoms with Crippen molar-refractivity contribution in [2.24, 2.45) is 0 Å². The number of nitrogens with zero attached hydrogens (tertiary/aromatic N) is 1. The largest absolute Gasteiger partial charge is 0.406 e. The van der Waals surface area contributed by atoms with Crippen molar-refractivity contribution in [3.8, 4) is 0 Å². The minimum Gasteiger partial charge on any atom is -0.353 e. The Morgan fingerprint density at radius 1 is 1.58 bits per heavy atom. The molecule has 0 radical (unpaired) electrons. The van der Waals surface area contributed by atoms with Gasteiger partial charge in [-0.15, -0.1) is 0 Å².